The van der Waals surface area contributed by atoms with Gasteiger partial charge >= 0.3 is 5.97 Å². The number of carboxylic acid groups (broad SMARTS) is 1. The summed E-state index contributed by atoms with van der Waals surface area (Å²) >= 11 is 0. The lowest BCUT2D eigenvalue weighted by Gasteiger charge is -2.06. The van der Waals surface area contributed by atoms with Crippen LogP contribution in [-0.2, 0) is 4.79 Å². The summed E-state index contributed by atoms with van der Waals surface area (Å²) < 4.78 is 12.2. The molecule has 0 amide bonds. The summed E-state index contributed by atoms with van der Waals surface area (Å²) in [5, 5.41) is 16.6. The maximum atomic E-state index is 12.2. The normalized spacial score (nSPS) is 16.3. The van der Waals surface area contributed by atoms with E-state index >= 15 is 0 Å². The van der Waals surface area contributed by atoms with E-state index in [1.165, 1.54) is 0 Å². The van der Waals surface area contributed by atoms with E-state index in [1.54, 1.807) is 0 Å². The Morgan fingerprint density at radius 2 is 2.20 bits per heavy atom. The second kappa shape index (κ2) is 4.19. The molecule has 0 spiro atoms. The van der Waals surface area contributed by atoms with Gasteiger partial charge in [-0.3, -0.25) is 0 Å². The molecule has 0 radical (unpaired) electrons. The summed E-state index contributed by atoms with van der Waals surface area (Å²) in [6.45, 7) is -0.260. The minimum Gasteiger partial charge on any atom is -0.479 e. The largest absolute Gasteiger partial charge is 0.479 e. The molecule has 4 nitrogen and oxygen atoms in total. The Labute approximate surface area is 57.5 Å². The minimum absolute atomic E-state index is 0.260. The lowest BCUT2D eigenvalue weighted by atomic mass is 10.2. The zero-order valence-electron chi connectivity index (χ0n) is 5.33. The van der Waals surface area contributed by atoms with E-state index in [9.17, 15) is 9.18 Å². The maximum Gasteiger partial charge on any atom is 0.332 e. The number of hydrogen-bond donors (Lipinski definition) is 3. The molecule has 0 saturated carbocycles. The van der Waals surface area contributed by atoms with E-state index in [-0.39, 0.29) is 6.54 Å². The van der Waals surface area contributed by atoms with Crippen molar-refractivity contribution in [3.63, 3.8) is 0 Å². The monoisotopic (exact) mass is 151 g/mol. The first kappa shape index (κ1) is 9.32. The highest BCUT2D eigenvalue weighted by Gasteiger charge is 2.17. The Bertz CT molecular complexity index is 119. The quantitative estimate of drug-likeness (QED) is 0.487. The third-order valence-electron chi connectivity index (χ3n) is 1.02. The number of alkyl halides is 1. The average molecular weight is 151 g/mol. The van der Waals surface area contributed by atoms with Crippen LogP contribution in [-0.4, -0.2) is 35.0 Å². The van der Waals surface area contributed by atoms with Crippen LogP contribution < -0.4 is 5.73 Å². The molecule has 0 aromatic rings. The Morgan fingerprint density at radius 1 is 1.70 bits per heavy atom. The summed E-state index contributed by atoms with van der Waals surface area (Å²) in [5.74, 6) is -1.42. The Morgan fingerprint density at radius 3 is 2.50 bits per heavy atom. The summed E-state index contributed by atoms with van der Waals surface area (Å²) in [5.41, 5.74) is 4.84. The molecule has 60 valence electrons. The van der Waals surface area contributed by atoms with Crippen LogP contribution in [0.15, 0.2) is 0 Å². The molecular formula is C5H10FNO3. The van der Waals surface area contributed by atoms with Gasteiger partial charge in [-0.2, -0.15) is 0 Å². The van der Waals surface area contributed by atoms with Gasteiger partial charge in [-0.05, 0) is 0 Å². The van der Waals surface area contributed by atoms with Crippen LogP contribution >= 0.6 is 0 Å². The van der Waals surface area contributed by atoms with Crippen LogP contribution in [0.3, 0.4) is 0 Å². The van der Waals surface area contributed by atoms with Crippen molar-refractivity contribution in [1.29, 1.82) is 0 Å². The number of aliphatic carboxylic acids is 1. The van der Waals surface area contributed by atoms with Crippen LogP contribution in [0.25, 0.3) is 0 Å². The van der Waals surface area contributed by atoms with E-state index in [1.807, 2.05) is 0 Å². The number of nitrogens with two attached hydrogens (primary N) is 1. The van der Waals surface area contributed by atoms with Gasteiger partial charge < -0.3 is 15.9 Å². The second-order valence-electron chi connectivity index (χ2n) is 1.92. The number of aliphatic hydroxyl groups excluding tert-OH is 1. The molecule has 4 N–H and O–H groups in total. The molecule has 0 aliphatic rings. The molecule has 0 saturated heterocycles. The average Bonchev–Trinajstić information content (AvgIpc) is 1.87. The molecular weight excluding hydrogens is 141 g/mol. The topological polar surface area (TPSA) is 83.5 Å². The number of hydrogen-bond acceptors (Lipinski definition) is 3. The zero-order chi connectivity index (χ0) is 8.15. The third-order valence-corrected chi connectivity index (χ3v) is 1.02. The smallest absolute Gasteiger partial charge is 0.332 e. The van der Waals surface area contributed by atoms with E-state index in [2.05, 4.69) is 0 Å². The van der Waals surface area contributed by atoms with E-state index in [4.69, 9.17) is 15.9 Å². The van der Waals surface area contributed by atoms with Crippen molar-refractivity contribution in [2.24, 2.45) is 5.73 Å². The maximum absolute atomic E-state index is 12.2. The number of rotatable bonds is 4. The number of carboxylic acids is 1. The van der Waals surface area contributed by atoms with E-state index in [0.717, 1.165) is 0 Å². The van der Waals surface area contributed by atoms with Crippen LogP contribution in [0.4, 0.5) is 4.39 Å². The van der Waals surface area contributed by atoms with Gasteiger partial charge in [-0.15, -0.1) is 0 Å². The highest BCUT2D eigenvalue weighted by Crippen LogP contribution is 2.00. The van der Waals surface area contributed by atoms with Crippen molar-refractivity contribution in [3.05, 3.63) is 0 Å². The zero-order valence-corrected chi connectivity index (χ0v) is 5.33. The van der Waals surface area contributed by atoms with Gasteiger partial charge in [0.05, 0.1) is 0 Å². The molecule has 0 rings (SSSR count). The Hall–Kier alpha value is -0.680. The van der Waals surface area contributed by atoms with Gasteiger partial charge in [0.25, 0.3) is 0 Å². The molecule has 0 aromatic carbocycles. The number of halogens is 1. The van der Waals surface area contributed by atoms with Crippen LogP contribution in [0.5, 0.6) is 0 Å². The van der Waals surface area contributed by atoms with Crippen molar-refractivity contribution in [1.82, 2.24) is 0 Å². The molecule has 2 unspecified atom stereocenters. The summed E-state index contributed by atoms with van der Waals surface area (Å²) in [6.07, 6.45) is -3.52. The first-order chi connectivity index (χ1) is 4.57. The molecule has 0 bridgehead atoms. The second-order valence-corrected chi connectivity index (χ2v) is 1.92. The minimum atomic E-state index is -1.64. The molecule has 0 aromatic heterocycles. The summed E-state index contributed by atoms with van der Waals surface area (Å²) in [4.78, 5) is 9.89. The summed E-state index contributed by atoms with van der Waals surface area (Å²) in [6, 6.07) is 0. The fourth-order valence-corrected chi connectivity index (χ4v) is 0.439. The van der Waals surface area contributed by atoms with Crippen LogP contribution in [0.2, 0.25) is 0 Å². The van der Waals surface area contributed by atoms with Gasteiger partial charge in [0, 0.05) is 13.0 Å². The van der Waals surface area contributed by atoms with Crippen LogP contribution in [0, 0.1) is 0 Å². The Balaban J connectivity index is 3.56. The van der Waals surface area contributed by atoms with Gasteiger partial charge in [0.1, 0.15) is 6.17 Å². The SMILES string of the molecule is NCC(F)CC(O)C(=O)O. The fourth-order valence-electron chi connectivity index (χ4n) is 0.439. The van der Waals surface area contributed by atoms with Crippen molar-refractivity contribution >= 4 is 5.97 Å². The highest BCUT2D eigenvalue weighted by atomic mass is 19.1. The van der Waals surface area contributed by atoms with Crippen molar-refractivity contribution < 1.29 is 19.4 Å². The standard InChI is InChI=1S/C5H10FNO3/c6-3(2-7)1-4(8)5(9)10/h3-4,8H,1-2,7H2,(H,9,10). The molecule has 0 aliphatic heterocycles. The fraction of sp³-hybridized carbons (Fsp3) is 0.800. The molecule has 0 heterocycles. The summed E-state index contributed by atoms with van der Waals surface area (Å²) in [7, 11) is 0. The van der Waals surface area contributed by atoms with Crippen molar-refractivity contribution in [3.8, 4) is 0 Å². The predicted molar refractivity (Wildman–Crippen MR) is 32.2 cm³/mol. The number of aliphatic hydroxyl groups is 1. The van der Waals surface area contributed by atoms with Crippen molar-refractivity contribution in [2.45, 2.75) is 18.7 Å². The van der Waals surface area contributed by atoms with Gasteiger partial charge in [-0.1, -0.05) is 0 Å². The molecule has 0 aliphatic carbocycles. The lowest BCUT2D eigenvalue weighted by Crippen LogP contribution is -2.27. The Kier molecular flexibility index (Phi) is 3.90. The van der Waals surface area contributed by atoms with E-state index < -0.39 is 24.7 Å². The van der Waals surface area contributed by atoms with Gasteiger partial charge in [0.2, 0.25) is 0 Å². The van der Waals surface area contributed by atoms with E-state index in [0.29, 0.717) is 0 Å². The van der Waals surface area contributed by atoms with Crippen molar-refractivity contribution in [2.75, 3.05) is 6.54 Å². The molecule has 2 atom stereocenters. The molecule has 10 heavy (non-hydrogen) atoms. The first-order valence-corrected chi connectivity index (χ1v) is 2.83. The lowest BCUT2D eigenvalue weighted by molar-refractivity contribution is -0.147. The van der Waals surface area contributed by atoms with Gasteiger partial charge in [0.15, 0.2) is 6.10 Å². The van der Waals surface area contributed by atoms with Crippen LogP contribution in [0.1, 0.15) is 6.42 Å². The predicted octanol–water partition coefficient (Wildman–Crippen LogP) is -0.881. The highest BCUT2D eigenvalue weighted by molar-refractivity contribution is 5.71. The third kappa shape index (κ3) is 3.37. The molecule has 5 heteroatoms. The molecule has 0 fully saturated rings. The number of carbonyl (C=O) groups is 1. The van der Waals surface area contributed by atoms with Gasteiger partial charge in [-0.25, -0.2) is 9.18 Å². The first-order valence-electron chi connectivity index (χ1n) is 2.83.